The van der Waals surface area contributed by atoms with Crippen LogP contribution in [0.4, 0.5) is 0 Å². The van der Waals surface area contributed by atoms with Gasteiger partial charge < -0.3 is 9.67 Å². The van der Waals surface area contributed by atoms with Crippen LogP contribution in [0, 0.1) is 0 Å². The lowest BCUT2D eigenvalue weighted by molar-refractivity contribution is 0.0697. The van der Waals surface area contributed by atoms with E-state index in [0.29, 0.717) is 11.7 Å². The summed E-state index contributed by atoms with van der Waals surface area (Å²) in [5.41, 5.74) is 3.37. The van der Waals surface area contributed by atoms with Crippen LogP contribution in [0.5, 0.6) is 0 Å². The van der Waals surface area contributed by atoms with Crippen LogP contribution in [-0.4, -0.2) is 25.6 Å². The molecule has 1 aromatic carbocycles. The number of carboxylic acids is 1. The van der Waals surface area contributed by atoms with Gasteiger partial charge in [-0.05, 0) is 52.4 Å². The molecule has 26 heavy (non-hydrogen) atoms. The third kappa shape index (κ3) is 3.26. The first-order chi connectivity index (χ1) is 12.5. The largest absolute Gasteiger partial charge is 0.478 e. The van der Waals surface area contributed by atoms with Crippen LogP contribution < -0.4 is 0 Å². The Balaban J connectivity index is 2.34. The molecule has 1 N–H and O–H groups in total. The van der Waals surface area contributed by atoms with Crippen LogP contribution >= 0.6 is 15.9 Å². The van der Waals surface area contributed by atoms with Gasteiger partial charge in [-0.15, -0.1) is 0 Å². The molecule has 2 heterocycles. The van der Waals surface area contributed by atoms with Crippen LogP contribution in [0.3, 0.4) is 0 Å². The molecule has 5 nitrogen and oxygen atoms in total. The number of benzene rings is 1. The fraction of sp³-hybridized carbons (Fsp3) is 0.350. The van der Waals surface area contributed by atoms with E-state index in [2.05, 4.69) is 39.7 Å². The lowest BCUT2D eigenvalue weighted by Crippen LogP contribution is -2.03. The Morgan fingerprint density at radius 1 is 1.27 bits per heavy atom. The minimum Gasteiger partial charge on any atom is -0.478 e. The van der Waals surface area contributed by atoms with Crippen LogP contribution in [0.2, 0.25) is 0 Å². The van der Waals surface area contributed by atoms with Crippen LogP contribution in [0.15, 0.2) is 35.1 Å². The van der Waals surface area contributed by atoms with Crippen molar-refractivity contribution in [2.45, 2.75) is 39.0 Å². The van der Waals surface area contributed by atoms with Crippen LogP contribution in [-0.2, 0) is 7.05 Å². The Kier molecular flexibility index (Phi) is 5.41. The van der Waals surface area contributed by atoms with Gasteiger partial charge >= 0.3 is 5.97 Å². The molecular formula is C20H22BrN3O2. The van der Waals surface area contributed by atoms with Crippen molar-refractivity contribution in [1.29, 1.82) is 0 Å². The van der Waals surface area contributed by atoms with E-state index in [1.807, 2.05) is 17.7 Å². The summed E-state index contributed by atoms with van der Waals surface area (Å²) in [6.07, 6.45) is 6.65. The van der Waals surface area contributed by atoms with E-state index in [1.165, 1.54) is 5.56 Å². The zero-order chi connectivity index (χ0) is 18.8. The van der Waals surface area contributed by atoms with Crippen molar-refractivity contribution in [2.75, 3.05) is 0 Å². The molecule has 0 aliphatic heterocycles. The molecule has 0 saturated heterocycles. The number of nitrogens with zero attached hydrogens (tertiary/aromatic N) is 3. The summed E-state index contributed by atoms with van der Waals surface area (Å²) < 4.78 is 2.86. The van der Waals surface area contributed by atoms with E-state index in [-0.39, 0.29) is 5.56 Å². The van der Waals surface area contributed by atoms with Crippen LogP contribution in [0.25, 0.3) is 22.4 Å². The number of hydrogen-bond donors (Lipinski definition) is 1. The van der Waals surface area contributed by atoms with Crippen LogP contribution in [0.1, 0.15) is 54.9 Å². The van der Waals surface area contributed by atoms with Gasteiger partial charge in [-0.3, -0.25) is 0 Å². The first kappa shape index (κ1) is 18.6. The maximum Gasteiger partial charge on any atom is 0.335 e. The number of aromatic nitrogens is 3. The Hall–Kier alpha value is -2.21. The third-order valence-electron chi connectivity index (χ3n) is 4.86. The minimum atomic E-state index is -0.920. The molecule has 6 heteroatoms. The van der Waals surface area contributed by atoms with E-state index >= 15 is 0 Å². The van der Waals surface area contributed by atoms with Crippen molar-refractivity contribution in [3.63, 3.8) is 0 Å². The van der Waals surface area contributed by atoms with E-state index in [9.17, 15) is 9.90 Å². The van der Waals surface area contributed by atoms with Gasteiger partial charge in [0.2, 0.25) is 0 Å². The number of fused-ring (bicyclic) bond motifs is 1. The smallest absolute Gasteiger partial charge is 0.335 e. The molecule has 2 aromatic heterocycles. The molecule has 1 unspecified atom stereocenters. The fourth-order valence-corrected chi connectivity index (χ4v) is 3.82. The lowest BCUT2D eigenvalue weighted by atomic mass is 9.89. The topological polar surface area (TPSA) is 68.0 Å². The molecule has 1 atom stereocenters. The molecule has 0 bridgehead atoms. The third-order valence-corrected chi connectivity index (χ3v) is 5.27. The Morgan fingerprint density at radius 3 is 2.54 bits per heavy atom. The maximum atomic E-state index is 11.4. The SMILES string of the molecule is CCCC(CC)c1c(-c2ncc(Br)cn2)n(C)c2cc(C(=O)O)ccc12. The average molecular weight is 416 g/mol. The highest BCUT2D eigenvalue weighted by Gasteiger charge is 2.24. The van der Waals surface area contributed by atoms with Gasteiger partial charge in [-0.1, -0.05) is 26.3 Å². The van der Waals surface area contributed by atoms with Gasteiger partial charge in [0.15, 0.2) is 5.82 Å². The highest BCUT2D eigenvalue weighted by atomic mass is 79.9. The molecule has 136 valence electrons. The zero-order valence-electron chi connectivity index (χ0n) is 15.2. The second-order valence-electron chi connectivity index (χ2n) is 6.48. The van der Waals surface area contributed by atoms with Crippen molar-refractivity contribution < 1.29 is 9.90 Å². The molecule has 0 aliphatic carbocycles. The summed E-state index contributed by atoms with van der Waals surface area (Å²) in [7, 11) is 1.96. The van der Waals surface area contributed by atoms with Gasteiger partial charge in [-0.2, -0.15) is 0 Å². The molecule has 0 radical (unpaired) electrons. The van der Waals surface area contributed by atoms with E-state index in [1.54, 1.807) is 24.5 Å². The van der Waals surface area contributed by atoms with Gasteiger partial charge in [0, 0.05) is 30.3 Å². The second kappa shape index (κ2) is 7.58. The van der Waals surface area contributed by atoms with Gasteiger partial charge in [0.1, 0.15) is 0 Å². The Morgan fingerprint density at radius 2 is 1.96 bits per heavy atom. The Labute approximate surface area is 161 Å². The number of rotatable bonds is 6. The summed E-state index contributed by atoms with van der Waals surface area (Å²) in [6, 6.07) is 5.34. The van der Waals surface area contributed by atoms with Gasteiger partial charge in [0.25, 0.3) is 0 Å². The summed E-state index contributed by atoms with van der Waals surface area (Å²) in [5.74, 6) is 0.117. The lowest BCUT2D eigenvalue weighted by Gasteiger charge is -2.16. The number of aryl methyl sites for hydroxylation is 1. The highest BCUT2D eigenvalue weighted by Crippen LogP contribution is 2.40. The fourth-order valence-electron chi connectivity index (χ4n) is 3.62. The van der Waals surface area contributed by atoms with E-state index < -0.39 is 5.97 Å². The minimum absolute atomic E-state index is 0.288. The predicted octanol–water partition coefficient (Wildman–Crippen LogP) is 5.39. The number of carboxylic acid groups (broad SMARTS) is 1. The Bertz CT molecular complexity index is 948. The van der Waals surface area contributed by atoms with Crippen molar-refractivity contribution in [3.05, 3.63) is 46.2 Å². The molecule has 0 aliphatic rings. The van der Waals surface area contributed by atoms with Crippen molar-refractivity contribution in [1.82, 2.24) is 14.5 Å². The highest BCUT2D eigenvalue weighted by molar-refractivity contribution is 9.10. The molecule has 0 saturated carbocycles. The quantitative estimate of drug-likeness (QED) is 0.585. The maximum absolute atomic E-state index is 11.4. The molecule has 0 amide bonds. The van der Waals surface area contributed by atoms with Crippen molar-refractivity contribution >= 4 is 32.8 Å². The number of hydrogen-bond acceptors (Lipinski definition) is 3. The number of halogens is 1. The predicted molar refractivity (Wildman–Crippen MR) is 107 cm³/mol. The molecule has 0 fully saturated rings. The number of carbonyl (C=O) groups is 1. The molecule has 3 rings (SSSR count). The van der Waals surface area contributed by atoms with Gasteiger partial charge in [0.05, 0.1) is 15.7 Å². The standard InChI is InChI=1S/C20H22BrN3O2/c1-4-6-12(5-2)17-15-8-7-13(20(25)26)9-16(15)24(3)18(17)19-22-10-14(21)11-23-19/h7-12H,4-6H2,1-3H3,(H,25,26). The molecule has 3 aromatic rings. The number of aromatic carboxylic acids is 1. The first-order valence-corrected chi connectivity index (χ1v) is 9.60. The second-order valence-corrected chi connectivity index (χ2v) is 7.39. The first-order valence-electron chi connectivity index (χ1n) is 8.81. The molecule has 0 spiro atoms. The monoisotopic (exact) mass is 415 g/mol. The van der Waals surface area contributed by atoms with E-state index in [4.69, 9.17) is 0 Å². The summed E-state index contributed by atoms with van der Waals surface area (Å²) in [4.78, 5) is 20.4. The summed E-state index contributed by atoms with van der Waals surface area (Å²) >= 11 is 3.39. The molecular weight excluding hydrogens is 394 g/mol. The summed E-state index contributed by atoms with van der Waals surface area (Å²) in [5, 5.41) is 10.4. The van der Waals surface area contributed by atoms with Crippen molar-refractivity contribution in [3.8, 4) is 11.5 Å². The average Bonchev–Trinajstić information content (AvgIpc) is 2.92. The van der Waals surface area contributed by atoms with E-state index in [0.717, 1.165) is 40.3 Å². The summed E-state index contributed by atoms with van der Waals surface area (Å²) in [6.45, 7) is 4.38. The normalized spacial score (nSPS) is 12.5. The van der Waals surface area contributed by atoms with Gasteiger partial charge in [-0.25, -0.2) is 14.8 Å². The zero-order valence-corrected chi connectivity index (χ0v) is 16.7. The van der Waals surface area contributed by atoms with Crippen molar-refractivity contribution in [2.24, 2.45) is 7.05 Å².